The SMILES string of the molecule is Cl.N[C@H](CO)Cc1ccc(-c2ccccc2)cc1. The Morgan fingerprint density at radius 3 is 2.00 bits per heavy atom. The molecule has 0 heterocycles. The van der Waals surface area contributed by atoms with Gasteiger partial charge in [-0.3, -0.25) is 0 Å². The van der Waals surface area contributed by atoms with Crippen molar-refractivity contribution in [2.24, 2.45) is 5.73 Å². The summed E-state index contributed by atoms with van der Waals surface area (Å²) in [6.07, 6.45) is 0.714. The second kappa shape index (κ2) is 7.17. The van der Waals surface area contributed by atoms with Gasteiger partial charge in [-0.1, -0.05) is 54.6 Å². The zero-order valence-electron chi connectivity index (χ0n) is 10.1. The highest BCUT2D eigenvalue weighted by atomic mass is 35.5. The number of hydrogen-bond donors (Lipinski definition) is 2. The van der Waals surface area contributed by atoms with Crippen LogP contribution in [0.3, 0.4) is 0 Å². The zero-order chi connectivity index (χ0) is 12.1. The molecule has 2 rings (SSSR count). The molecule has 3 heteroatoms. The van der Waals surface area contributed by atoms with Crippen molar-refractivity contribution in [2.75, 3.05) is 6.61 Å². The van der Waals surface area contributed by atoms with E-state index in [9.17, 15) is 0 Å². The van der Waals surface area contributed by atoms with Crippen LogP contribution in [0.25, 0.3) is 11.1 Å². The topological polar surface area (TPSA) is 46.2 Å². The molecule has 2 aromatic carbocycles. The molecule has 0 bridgehead atoms. The Morgan fingerprint density at radius 1 is 0.889 bits per heavy atom. The van der Waals surface area contributed by atoms with E-state index < -0.39 is 0 Å². The molecule has 3 N–H and O–H groups in total. The molecule has 0 amide bonds. The maximum atomic E-state index is 8.90. The van der Waals surface area contributed by atoms with E-state index in [4.69, 9.17) is 10.8 Å². The van der Waals surface area contributed by atoms with E-state index in [1.54, 1.807) is 0 Å². The van der Waals surface area contributed by atoms with Gasteiger partial charge < -0.3 is 10.8 Å². The summed E-state index contributed by atoms with van der Waals surface area (Å²) in [7, 11) is 0. The average molecular weight is 264 g/mol. The van der Waals surface area contributed by atoms with Crippen molar-refractivity contribution in [3.8, 4) is 11.1 Å². The minimum Gasteiger partial charge on any atom is -0.395 e. The van der Waals surface area contributed by atoms with Crippen LogP contribution in [0.1, 0.15) is 5.56 Å². The average Bonchev–Trinajstić information content (AvgIpc) is 2.40. The predicted molar refractivity (Wildman–Crippen MR) is 77.9 cm³/mol. The van der Waals surface area contributed by atoms with Crippen LogP contribution in [0.2, 0.25) is 0 Å². The summed E-state index contributed by atoms with van der Waals surface area (Å²) in [5.41, 5.74) is 9.28. The third kappa shape index (κ3) is 3.84. The van der Waals surface area contributed by atoms with Crippen molar-refractivity contribution < 1.29 is 5.11 Å². The first-order valence-corrected chi connectivity index (χ1v) is 5.80. The van der Waals surface area contributed by atoms with Crippen molar-refractivity contribution in [2.45, 2.75) is 12.5 Å². The largest absolute Gasteiger partial charge is 0.395 e. The van der Waals surface area contributed by atoms with Gasteiger partial charge >= 0.3 is 0 Å². The fourth-order valence-electron chi connectivity index (χ4n) is 1.83. The van der Waals surface area contributed by atoms with Gasteiger partial charge in [0, 0.05) is 6.04 Å². The van der Waals surface area contributed by atoms with Crippen LogP contribution >= 0.6 is 12.4 Å². The van der Waals surface area contributed by atoms with Crippen LogP contribution in [0.5, 0.6) is 0 Å². The van der Waals surface area contributed by atoms with E-state index in [1.807, 2.05) is 18.2 Å². The van der Waals surface area contributed by atoms with Gasteiger partial charge in [-0.2, -0.15) is 0 Å². The highest BCUT2D eigenvalue weighted by Crippen LogP contribution is 2.19. The molecule has 0 radical (unpaired) electrons. The van der Waals surface area contributed by atoms with E-state index in [2.05, 4.69) is 36.4 Å². The molecule has 0 saturated carbocycles. The third-order valence-corrected chi connectivity index (χ3v) is 2.79. The lowest BCUT2D eigenvalue weighted by Gasteiger charge is -2.08. The summed E-state index contributed by atoms with van der Waals surface area (Å²) < 4.78 is 0. The summed E-state index contributed by atoms with van der Waals surface area (Å²) >= 11 is 0. The molecular formula is C15H18ClNO. The van der Waals surface area contributed by atoms with Gasteiger partial charge in [0.25, 0.3) is 0 Å². The molecule has 0 unspecified atom stereocenters. The molecule has 0 saturated heterocycles. The number of benzene rings is 2. The quantitative estimate of drug-likeness (QED) is 0.891. The lowest BCUT2D eigenvalue weighted by Crippen LogP contribution is -2.26. The van der Waals surface area contributed by atoms with Crippen LogP contribution in [-0.2, 0) is 6.42 Å². The molecule has 96 valence electrons. The van der Waals surface area contributed by atoms with E-state index in [-0.39, 0.29) is 25.1 Å². The first kappa shape index (κ1) is 14.7. The Labute approximate surface area is 114 Å². The Balaban J connectivity index is 0.00000162. The third-order valence-electron chi connectivity index (χ3n) is 2.79. The van der Waals surface area contributed by atoms with Gasteiger partial charge in [0.1, 0.15) is 0 Å². The minimum atomic E-state index is -0.169. The number of rotatable bonds is 4. The summed E-state index contributed by atoms with van der Waals surface area (Å²) in [6, 6.07) is 18.4. The van der Waals surface area contributed by atoms with E-state index in [0.717, 1.165) is 5.56 Å². The Hall–Kier alpha value is -1.35. The minimum absolute atomic E-state index is 0. The Bertz CT molecular complexity index is 456. The normalized spacial score (nSPS) is 11.7. The van der Waals surface area contributed by atoms with Gasteiger partial charge in [-0.25, -0.2) is 0 Å². The van der Waals surface area contributed by atoms with Crippen molar-refractivity contribution in [1.82, 2.24) is 0 Å². The van der Waals surface area contributed by atoms with E-state index >= 15 is 0 Å². The monoisotopic (exact) mass is 263 g/mol. The summed E-state index contributed by atoms with van der Waals surface area (Å²) in [4.78, 5) is 0. The molecule has 18 heavy (non-hydrogen) atoms. The van der Waals surface area contributed by atoms with Gasteiger partial charge in [0.05, 0.1) is 6.61 Å². The van der Waals surface area contributed by atoms with Crippen LogP contribution in [0, 0.1) is 0 Å². The fraction of sp³-hybridized carbons (Fsp3) is 0.200. The van der Waals surface area contributed by atoms with Gasteiger partial charge in [0.2, 0.25) is 0 Å². The maximum Gasteiger partial charge on any atom is 0.0585 e. The summed E-state index contributed by atoms with van der Waals surface area (Å²) in [5, 5.41) is 8.90. The summed E-state index contributed by atoms with van der Waals surface area (Å²) in [6.45, 7) is 0.0282. The van der Waals surface area contributed by atoms with Crippen molar-refractivity contribution in [3.63, 3.8) is 0 Å². The van der Waals surface area contributed by atoms with Crippen LogP contribution in [0.15, 0.2) is 54.6 Å². The second-order valence-corrected chi connectivity index (χ2v) is 4.21. The van der Waals surface area contributed by atoms with Crippen LogP contribution in [-0.4, -0.2) is 17.8 Å². The Morgan fingerprint density at radius 2 is 1.44 bits per heavy atom. The molecular weight excluding hydrogens is 246 g/mol. The number of aliphatic hydroxyl groups is 1. The van der Waals surface area contributed by atoms with Gasteiger partial charge in [0.15, 0.2) is 0 Å². The van der Waals surface area contributed by atoms with Gasteiger partial charge in [-0.05, 0) is 23.1 Å². The van der Waals surface area contributed by atoms with Gasteiger partial charge in [-0.15, -0.1) is 12.4 Å². The first-order valence-electron chi connectivity index (χ1n) is 5.80. The van der Waals surface area contributed by atoms with Crippen molar-refractivity contribution in [3.05, 3.63) is 60.2 Å². The maximum absolute atomic E-state index is 8.90. The number of nitrogens with two attached hydrogens (primary N) is 1. The van der Waals surface area contributed by atoms with E-state index in [0.29, 0.717) is 6.42 Å². The molecule has 2 nitrogen and oxygen atoms in total. The van der Waals surface area contributed by atoms with Crippen molar-refractivity contribution in [1.29, 1.82) is 0 Å². The highest BCUT2D eigenvalue weighted by molar-refractivity contribution is 5.85. The standard InChI is InChI=1S/C15H17NO.ClH/c16-15(11-17)10-12-6-8-14(9-7-12)13-4-2-1-3-5-13;/h1-9,15,17H,10-11,16H2;1H/t15-;/m0./s1. The molecule has 0 fully saturated rings. The summed E-state index contributed by atoms with van der Waals surface area (Å²) in [5.74, 6) is 0. The highest BCUT2D eigenvalue weighted by Gasteiger charge is 2.02. The predicted octanol–water partition coefficient (Wildman–Crippen LogP) is 2.64. The first-order chi connectivity index (χ1) is 8.29. The molecule has 2 aromatic rings. The lowest BCUT2D eigenvalue weighted by atomic mass is 10.0. The molecule has 0 aliphatic heterocycles. The number of hydrogen-bond acceptors (Lipinski definition) is 2. The Kier molecular flexibility index (Phi) is 5.86. The number of halogens is 1. The fourth-order valence-corrected chi connectivity index (χ4v) is 1.83. The molecule has 0 aliphatic carbocycles. The molecule has 1 atom stereocenters. The zero-order valence-corrected chi connectivity index (χ0v) is 10.9. The second-order valence-electron chi connectivity index (χ2n) is 4.21. The molecule has 0 aliphatic rings. The lowest BCUT2D eigenvalue weighted by molar-refractivity contribution is 0.265. The number of aliphatic hydroxyl groups excluding tert-OH is 1. The van der Waals surface area contributed by atoms with Crippen molar-refractivity contribution >= 4 is 12.4 Å². The van der Waals surface area contributed by atoms with Crippen LogP contribution < -0.4 is 5.73 Å². The molecule has 0 spiro atoms. The van der Waals surface area contributed by atoms with Crippen LogP contribution in [0.4, 0.5) is 0 Å². The smallest absolute Gasteiger partial charge is 0.0585 e. The molecule has 0 aromatic heterocycles. The van der Waals surface area contributed by atoms with E-state index in [1.165, 1.54) is 11.1 Å².